The number of ether oxygens (including phenoxy) is 1. The van der Waals surface area contributed by atoms with Crippen LogP contribution in [0.2, 0.25) is 0 Å². The number of carbonyl (C=O) groups is 1. The van der Waals surface area contributed by atoms with E-state index in [0.29, 0.717) is 17.3 Å². The fraction of sp³-hybridized carbons (Fsp3) is 0.385. The molecule has 0 saturated carbocycles. The third-order valence-corrected chi connectivity index (χ3v) is 4.41. The predicted molar refractivity (Wildman–Crippen MR) is 79.9 cm³/mol. The van der Waals surface area contributed by atoms with E-state index < -0.39 is 0 Å². The summed E-state index contributed by atoms with van der Waals surface area (Å²) in [5.74, 6) is -0.291. The summed E-state index contributed by atoms with van der Waals surface area (Å²) in [6, 6.07) is 3.73. The molecule has 2 rings (SSSR count). The molecule has 0 unspecified atom stereocenters. The lowest BCUT2D eigenvalue weighted by Gasteiger charge is -2.34. The Bertz CT molecular complexity index is 523. The van der Waals surface area contributed by atoms with Gasteiger partial charge in [-0.1, -0.05) is 6.07 Å². The molecule has 6 heteroatoms. The Morgan fingerprint density at radius 1 is 1.63 bits per heavy atom. The molecule has 0 amide bonds. The Morgan fingerprint density at radius 2 is 2.37 bits per heavy atom. The van der Waals surface area contributed by atoms with Gasteiger partial charge in [-0.05, 0) is 37.5 Å². The summed E-state index contributed by atoms with van der Waals surface area (Å²) in [6.45, 7) is 4.06. The molecule has 0 bridgehead atoms. The summed E-state index contributed by atoms with van der Waals surface area (Å²) in [7, 11) is 1.84. The van der Waals surface area contributed by atoms with Crippen molar-refractivity contribution in [1.29, 1.82) is 0 Å². The van der Waals surface area contributed by atoms with Crippen LogP contribution >= 0.6 is 23.6 Å². The van der Waals surface area contributed by atoms with Gasteiger partial charge in [0.25, 0.3) is 0 Å². The Kier molecular flexibility index (Phi) is 4.21. The zero-order valence-electron chi connectivity index (χ0n) is 11.1. The molecule has 1 atom stereocenters. The molecule has 0 saturated heterocycles. The third-order valence-electron chi connectivity index (χ3n) is 3.08. The maximum absolute atomic E-state index is 12.2. The number of hydrogen-bond acceptors (Lipinski definition) is 4. The maximum Gasteiger partial charge on any atom is 0.338 e. The number of esters is 1. The van der Waals surface area contributed by atoms with E-state index in [9.17, 15) is 4.79 Å². The van der Waals surface area contributed by atoms with Crippen LogP contribution in [0.25, 0.3) is 0 Å². The van der Waals surface area contributed by atoms with Crippen LogP contribution in [0.1, 0.15) is 24.8 Å². The van der Waals surface area contributed by atoms with Gasteiger partial charge >= 0.3 is 5.97 Å². The molecule has 1 N–H and O–H groups in total. The first-order valence-electron chi connectivity index (χ1n) is 6.01. The Morgan fingerprint density at radius 3 is 2.95 bits per heavy atom. The molecular formula is C13H16N2O2S2. The Labute approximate surface area is 122 Å². The van der Waals surface area contributed by atoms with Crippen molar-refractivity contribution in [2.45, 2.75) is 19.9 Å². The molecule has 1 aliphatic heterocycles. The number of thiocarbonyl (C=S) groups is 1. The van der Waals surface area contributed by atoms with Gasteiger partial charge in [0.1, 0.15) is 0 Å². The van der Waals surface area contributed by atoms with Gasteiger partial charge in [0.05, 0.1) is 18.2 Å². The van der Waals surface area contributed by atoms with Crippen molar-refractivity contribution in [3.63, 3.8) is 0 Å². The van der Waals surface area contributed by atoms with Crippen LogP contribution in [0.4, 0.5) is 0 Å². The quantitative estimate of drug-likeness (QED) is 0.685. The van der Waals surface area contributed by atoms with Gasteiger partial charge < -0.3 is 15.0 Å². The normalized spacial score (nSPS) is 19.4. The molecule has 0 radical (unpaired) electrons. The maximum atomic E-state index is 12.2. The summed E-state index contributed by atoms with van der Waals surface area (Å²) < 4.78 is 5.16. The summed E-state index contributed by atoms with van der Waals surface area (Å²) in [6.07, 6.45) is 0. The molecule has 0 aliphatic carbocycles. The van der Waals surface area contributed by atoms with Crippen LogP contribution in [0.15, 0.2) is 28.8 Å². The lowest BCUT2D eigenvalue weighted by atomic mass is 10.0. The van der Waals surface area contributed by atoms with Crippen LogP contribution < -0.4 is 5.32 Å². The van der Waals surface area contributed by atoms with E-state index >= 15 is 0 Å². The summed E-state index contributed by atoms with van der Waals surface area (Å²) in [4.78, 5) is 15.0. The molecule has 1 aromatic heterocycles. The standard InChI is InChI=1S/C13H16N2O2S2/c1-4-17-12(16)10-8(2)15(3)13(18)14-11(10)9-6-5-7-19-9/h5-7,11H,4H2,1-3H3,(H,14,18)/t11-/m0/s1. The predicted octanol–water partition coefficient (Wildman–Crippen LogP) is 2.45. The molecule has 1 aliphatic rings. The second-order valence-corrected chi connectivity index (χ2v) is 5.54. The summed E-state index contributed by atoms with van der Waals surface area (Å²) in [5, 5.41) is 5.79. The van der Waals surface area contributed by atoms with Gasteiger partial charge in [-0.15, -0.1) is 11.3 Å². The largest absolute Gasteiger partial charge is 0.463 e. The van der Waals surface area contributed by atoms with Crippen LogP contribution in [-0.4, -0.2) is 29.6 Å². The van der Waals surface area contributed by atoms with Crippen molar-refractivity contribution in [2.24, 2.45) is 0 Å². The molecule has 0 fully saturated rings. The molecule has 2 heterocycles. The Balaban J connectivity index is 2.45. The van der Waals surface area contributed by atoms with E-state index in [-0.39, 0.29) is 12.0 Å². The minimum atomic E-state index is -0.291. The highest BCUT2D eigenvalue weighted by Gasteiger charge is 2.33. The van der Waals surface area contributed by atoms with Gasteiger partial charge in [0.2, 0.25) is 0 Å². The number of thiophene rings is 1. The Hall–Kier alpha value is -1.40. The smallest absolute Gasteiger partial charge is 0.338 e. The fourth-order valence-electron chi connectivity index (χ4n) is 1.98. The first kappa shape index (κ1) is 14.0. The highest BCUT2D eigenvalue weighted by Crippen LogP contribution is 2.32. The summed E-state index contributed by atoms with van der Waals surface area (Å²) >= 11 is 6.89. The molecular weight excluding hydrogens is 280 g/mol. The first-order valence-corrected chi connectivity index (χ1v) is 7.30. The van der Waals surface area contributed by atoms with Crippen LogP contribution in [0, 0.1) is 0 Å². The topological polar surface area (TPSA) is 41.6 Å². The lowest BCUT2D eigenvalue weighted by Crippen LogP contribution is -2.45. The monoisotopic (exact) mass is 296 g/mol. The highest BCUT2D eigenvalue weighted by atomic mass is 32.1. The van der Waals surface area contributed by atoms with Gasteiger partial charge in [0, 0.05) is 17.6 Å². The van der Waals surface area contributed by atoms with Gasteiger partial charge in [-0.2, -0.15) is 0 Å². The van der Waals surface area contributed by atoms with E-state index in [0.717, 1.165) is 10.6 Å². The first-order chi connectivity index (χ1) is 9.06. The SMILES string of the molecule is CCOC(=O)C1=C(C)N(C)C(=S)N[C@H]1c1cccs1. The zero-order valence-corrected chi connectivity index (χ0v) is 12.7. The second kappa shape index (κ2) is 5.71. The number of carbonyl (C=O) groups excluding carboxylic acids is 1. The average molecular weight is 296 g/mol. The van der Waals surface area contributed by atoms with Crippen LogP contribution in [0.5, 0.6) is 0 Å². The molecule has 1 aromatic rings. The summed E-state index contributed by atoms with van der Waals surface area (Å²) in [5.41, 5.74) is 1.46. The van der Waals surface area contributed by atoms with Gasteiger partial charge in [-0.25, -0.2) is 4.79 Å². The number of hydrogen-bond donors (Lipinski definition) is 1. The number of nitrogens with zero attached hydrogens (tertiary/aromatic N) is 1. The number of nitrogens with one attached hydrogen (secondary N) is 1. The van der Waals surface area contributed by atoms with Crippen molar-refractivity contribution >= 4 is 34.6 Å². The minimum absolute atomic E-state index is 0.220. The van der Waals surface area contributed by atoms with E-state index in [1.54, 1.807) is 23.2 Å². The third kappa shape index (κ3) is 2.64. The fourth-order valence-corrected chi connectivity index (χ4v) is 3.02. The van der Waals surface area contributed by atoms with E-state index in [4.69, 9.17) is 17.0 Å². The van der Waals surface area contributed by atoms with E-state index in [1.165, 1.54) is 0 Å². The number of rotatable bonds is 3. The number of allylic oxidation sites excluding steroid dienone is 1. The molecule has 0 aromatic carbocycles. The lowest BCUT2D eigenvalue weighted by molar-refractivity contribution is -0.139. The average Bonchev–Trinajstić information content (AvgIpc) is 2.89. The second-order valence-electron chi connectivity index (χ2n) is 4.18. The van der Waals surface area contributed by atoms with Crippen LogP contribution in [-0.2, 0) is 9.53 Å². The van der Waals surface area contributed by atoms with Gasteiger partial charge in [0.15, 0.2) is 5.11 Å². The van der Waals surface area contributed by atoms with Crippen molar-refractivity contribution in [3.05, 3.63) is 33.7 Å². The highest BCUT2D eigenvalue weighted by molar-refractivity contribution is 7.80. The molecule has 4 nitrogen and oxygen atoms in total. The molecule has 19 heavy (non-hydrogen) atoms. The van der Waals surface area contributed by atoms with Crippen molar-refractivity contribution < 1.29 is 9.53 Å². The van der Waals surface area contributed by atoms with E-state index in [2.05, 4.69) is 5.32 Å². The molecule has 0 spiro atoms. The van der Waals surface area contributed by atoms with Crippen molar-refractivity contribution in [3.8, 4) is 0 Å². The zero-order chi connectivity index (χ0) is 14.0. The van der Waals surface area contributed by atoms with Crippen LogP contribution in [0.3, 0.4) is 0 Å². The van der Waals surface area contributed by atoms with Crippen molar-refractivity contribution in [1.82, 2.24) is 10.2 Å². The van der Waals surface area contributed by atoms with Crippen molar-refractivity contribution in [2.75, 3.05) is 13.7 Å². The van der Waals surface area contributed by atoms with Gasteiger partial charge in [-0.3, -0.25) is 0 Å². The molecule has 102 valence electrons. The minimum Gasteiger partial charge on any atom is -0.463 e. The van der Waals surface area contributed by atoms with E-state index in [1.807, 2.05) is 31.5 Å².